The summed E-state index contributed by atoms with van der Waals surface area (Å²) in [6.45, 7) is 3.92. The molecule has 2 aromatic rings. The van der Waals surface area contributed by atoms with Gasteiger partial charge < -0.3 is 4.74 Å². The van der Waals surface area contributed by atoms with Crippen LogP contribution < -0.4 is 16.0 Å². The van der Waals surface area contributed by atoms with Crippen LogP contribution in [-0.2, 0) is 6.42 Å². The predicted molar refractivity (Wildman–Crippen MR) is 80.2 cm³/mol. The second-order valence-electron chi connectivity index (χ2n) is 5.17. The summed E-state index contributed by atoms with van der Waals surface area (Å²) in [5.74, 6) is 6.11. The minimum Gasteiger partial charge on any atom is -0.489 e. The molecule has 5 heteroatoms. The molecule has 1 aromatic heterocycles. The standard InChI is InChI=1S/C16H20FN3O/c1-11(2)21-15-8-13(9-19-10-15)16(20-18)7-12-3-5-14(17)6-4-12/h3-6,8-11,16,20H,7,18H2,1-2H3. The Hall–Kier alpha value is -1.98. The van der Waals surface area contributed by atoms with Gasteiger partial charge in [0.1, 0.15) is 11.6 Å². The Kier molecular flexibility index (Phi) is 5.25. The van der Waals surface area contributed by atoms with Crippen LogP contribution in [0.15, 0.2) is 42.7 Å². The molecule has 1 unspecified atom stereocenters. The third kappa shape index (κ3) is 4.51. The zero-order valence-electron chi connectivity index (χ0n) is 12.2. The predicted octanol–water partition coefficient (Wildman–Crippen LogP) is 2.75. The van der Waals surface area contributed by atoms with Gasteiger partial charge in [0.05, 0.1) is 18.3 Å². The second-order valence-corrected chi connectivity index (χ2v) is 5.17. The molecule has 0 aliphatic rings. The summed E-state index contributed by atoms with van der Waals surface area (Å²) >= 11 is 0. The van der Waals surface area contributed by atoms with Gasteiger partial charge in [-0.15, -0.1) is 0 Å². The monoisotopic (exact) mass is 289 g/mol. The smallest absolute Gasteiger partial charge is 0.138 e. The van der Waals surface area contributed by atoms with E-state index in [-0.39, 0.29) is 18.0 Å². The molecule has 4 nitrogen and oxygen atoms in total. The fraction of sp³-hybridized carbons (Fsp3) is 0.312. The molecule has 0 radical (unpaired) electrons. The van der Waals surface area contributed by atoms with Crippen LogP contribution >= 0.6 is 0 Å². The van der Waals surface area contributed by atoms with E-state index in [2.05, 4.69) is 10.4 Å². The van der Waals surface area contributed by atoms with Gasteiger partial charge in [0, 0.05) is 6.20 Å². The molecule has 0 fully saturated rings. The number of benzene rings is 1. The molecule has 112 valence electrons. The number of halogens is 1. The lowest BCUT2D eigenvalue weighted by Gasteiger charge is -2.17. The first kappa shape index (κ1) is 15.4. The molecule has 0 bridgehead atoms. The minimum atomic E-state index is -0.245. The number of nitrogens with one attached hydrogen (secondary N) is 1. The Morgan fingerprint density at radius 3 is 2.57 bits per heavy atom. The Morgan fingerprint density at radius 2 is 1.95 bits per heavy atom. The molecule has 1 heterocycles. The molecule has 0 spiro atoms. The quantitative estimate of drug-likeness (QED) is 0.634. The van der Waals surface area contributed by atoms with E-state index in [1.807, 2.05) is 19.9 Å². The fourth-order valence-corrected chi connectivity index (χ4v) is 2.09. The number of pyridine rings is 1. The lowest BCUT2D eigenvalue weighted by atomic mass is 10.0. The maximum absolute atomic E-state index is 12.9. The molecule has 3 N–H and O–H groups in total. The highest BCUT2D eigenvalue weighted by Gasteiger charge is 2.12. The van der Waals surface area contributed by atoms with Crippen LogP contribution in [0.25, 0.3) is 0 Å². The van der Waals surface area contributed by atoms with E-state index in [1.165, 1.54) is 12.1 Å². The van der Waals surface area contributed by atoms with Gasteiger partial charge >= 0.3 is 0 Å². The van der Waals surface area contributed by atoms with Gasteiger partial charge in [-0.3, -0.25) is 16.3 Å². The van der Waals surface area contributed by atoms with Crippen LogP contribution in [-0.4, -0.2) is 11.1 Å². The molecule has 2 rings (SSSR count). The van der Waals surface area contributed by atoms with Crippen LogP contribution in [0.3, 0.4) is 0 Å². The third-order valence-corrected chi connectivity index (χ3v) is 3.06. The van der Waals surface area contributed by atoms with Gasteiger partial charge in [0.15, 0.2) is 0 Å². The van der Waals surface area contributed by atoms with E-state index in [0.717, 1.165) is 11.1 Å². The van der Waals surface area contributed by atoms with E-state index in [0.29, 0.717) is 12.2 Å². The molecule has 0 saturated carbocycles. The van der Waals surface area contributed by atoms with E-state index in [4.69, 9.17) is 10.6 Å². The Balaban J connectivity index is 2.15. The Labute approximate surface area is 124 Å². The molecule has 1 aromatic carbocycles. The number of hydrogen-bond donors (Lipinski definition) is 2. The summed E-state index contributed by atoms with van der Waals surface area (Å²) in [5, 5.41) is 0. The van der Waals surface area contributed by atoms with Gasteiger partial charge in [0.2, 0.25) is 0 Å². The molecular weight excluding hydrogens is 269 g/mol. The molecule has 1 atom stereocenters. The largest absolute Gasteiger partial charge is 0.489 e. The maximum Gasteiger partial charge on any atom is 0.138 e. The van der Waals surface area contributed by atoms with E-state index < -0.39 is 0 Å². The van der Waals surface area contributed by atoms with Crippen molar-refractivity contribution in [2.45, 2.75) is 32.4 Å². The topological polar surface area (TPSA) is 60.2 Å². The van der Waals surface area contributed by atoms with Crippen LogP contribution in [0, 0.1) is 5.82 Å². The van der Waals surface area contributed by atoms with Gasteiger partial charge in [-0.1, -0.05) is 12.1 Å². The number of ether oxygens (including phenoxy) is 1. The zero-order chi connectivity index (χ0) is 15.2. The van der Waals surface area contributed by atoms with Crippen molar-refractivity contribution in [3.63, 3.8) is 0 Å². The van der Waals surface area contributed by atoms with Crippen molar-refractivity contribution >= 4 is 0 Å². The van der Waals surface area contributed by atoms with Crippen molar-refractivity contribution in [3.8, 4) is 5.75 Å². The first-order valence-corrected chi connectivity index (χ1v) is 6.90. The number of aromatic nitrogens is 1. The summed E-state index contributed by atoms with van der Waals surface area (Å²) in [6, 6.07) is 8.20. The number of nitrogens with two attached hydrogens (primary N) is 1. The van der Waals surface area contributed by atoms with Crippen molar-refractivity contribution in [3.05, 3.63) is 59.7 Å². The van der Waals surface area contributed by atoms with Gasteiger partial charge in [-0.2, -0.15) is 0 Å². The summed E-state index contributed by atoms with van der Waals surface area (Å²) in [6.07, 6.45) is 4.16. The normalized spacial score (nSPS) is 12.4. The highest BCUT2D eigenvalue weighted by molar-refractivity contribution is 5.28. The van der Waals surface area contributed by atoms with Crippen LogP contribution in [0.4, 0.5) is 4.39 Å². The summed E-state index contributed by atoms with van der Waals surface area (Å²) in [5.41, 5.74) is 4.70. The second kappa shape index (κ2) is 7.15. The number of hydrogen-bond acceptors (Lipinski definition) is 4. The SMILES string of the molecule is CC(C)Oc1cncc(C(Cc2ccc(F)cc2)NN)c1. The number of hydrazine groups is 1. The first-order valence-electron chi connectivity index (χ1n) is 6.90. The van der Waals surface area contributed by atoms with Gasteiger partial charge in [-0.05, 0) is 49.6 Å². The molecule has 0 amide bonds. The zero-order valence-corrected chi connectivity index (χ0v) is 12.2. The van der Waals surface area contributed by atoms with Crippen LogP contribution in [0.1, 0.15) is 31.0 Å². The van der Waals surface area contributed by atoms with E-state index >= 15 is 0 Å². The number of rotatable bonds is 6. The highest BCUT2D eigenvalue weighted by atomic mass is 19.1. The van der Waals surface area contributed by atoms with Crippen molar-refractivity contribution in [1.82, 2.24) is 10.4 Å². The molecule has 0 saturated heterocycles. The van der Waals surface area contributed by atoms with Crippen molar-refractivity contribution in [2.24, 2.45) is 5.84 Å². The van der Waals surface area contributed by atoms with Gasteiger partial charge in [-0.25, -0.2) is 4.39 Å². The molecule has 0 aliphatic carbocycles. The van der Waals surface area contributed by atoms with E-state index in [1.54, 1.807) is 24.5 Å². The van der Waals surface area contributed by atoms with Crippen molar-refractivity contribution in [1.29, 1.82) is 0 Å². The summed E-state index contributed by atoms with van der Waals surface area (Å²) < 4.78 is 18.6. The Morgan fingerprint density at radius 1 is 1.24 bits per heavy atom. The third-order valence-electron chi connectivity index (χ3n) is 3.06. The van der Waals surface area contributed by atoms with E-state index in [9.17, 15) is 4.39 Å². The first-order chi connectivity index (χ1) is 10.1. The highest BCUT2D eigenvalue weighted by Crippen LogP contribution is 2.21. The lowest BCUT2D eigenvalue weighted by molar-refractivity contribution is 0.241. The molecule has 21 heavy (non-hydrogen) atoms. The molecular formula is C16H20FN3O. The summed E-state index contributed by atoms with van der Waals surface area (Å²) in [7, 11) is 0. The van der Waals surface area contributed by atoms with Gasteiger partial charge in [0.25, 0.3) is 0 Å². The minimum absolute atomic E-state index is 0.0865. The average Bonchev–Trinajstić information content (AvgIpc) is 2.46. The lowest BCUT2D eigenvalue weighted by Crippen LogP contribution is -2.29. The maximum atomic E-state index is 12.9. The van der Waals surface area contributed by atoms with Crippen molar-refractivity contribution < 1.29 is 9.13 Å². The fourth-order valence-electron chi connectivity index (χ4n) is 2.09. The van der Waals surface area contributed by atoms with Crippen LogP contribution in [0.2, 0.25) is 0 Å². The number of nitrogens with zero attached hydrogens (tertiary/aromatic N) is 1. The average molecular weight is 289 g/mol. The van der Waals surface area contributed by atoms with Crippen LogP contribution in [0.5, 0.6) is 5.75 Å². The van der Waals surface area contributed by atoms with Crippen molar-refractivity contribution in [2.75, 3.05) is 0 Å². The summed E-state index contributed by atoms with van der Waals surface area (Å²) in [4.78, 5) is 4.18. The molecule has 0 aliphatic heterocycles. The Bertz CT molecular complexity index is 572.